The molecule has 0 bridgehead atoms. The molecule has 3 rings (SSSR count). The Labute approximate surface area is 149 Å². The Balaban J connectivity index is 1.70. The van der Waals surface area contributed by atoms with Crippen LogP contribution in [0.2, 0.25) is 0 Å². The van der Waals surface area contributed by atoms with E-state index in [1.165, 1.54) is 11.3 Å². The molecule has 2 aromatic rings. The average Bonchev–Trinajstić information content (AvgIpc) is 3.23. The Morgan fingerprint density at radius 2 is 2.08 bits per heavy atom. The van der Waals surface area contributed by atoms with Crippen molar-refractivity contribution in [3.05, 3.63) is 27.7 Å². The summed E-state index contributed by atoms with van der Waals surface area (Å²) in [6, 6.07) is 0. The molecule has 1 amide bonds. The second kappa shape index (κ2) is 6.95. The number of thiophene rings is 1. The van der Waals surface area contributed by atoms with Gasteiger partial charge in [-0.2, -0.15) is 4.98 Å². The zero-order valence-corrected chi connectivity index (χ0v) is 15.5. The van der Waals surface area contributed by atoms with Crippen LogP contribution in [0.1, 0.15) is 65.1 Å². The van der Waals surface area contributed by atoms with Crippen molar-refractivity contribution in [2.45, 2.75) is 53.1 Å². The molecule has 1 fully saturated rings. The number of anilines is 1. The summed E-state index contributed by atoms with van der Waals surface area (Å²) in [5.74, 6) is 0.501. The highest BCUT2D eigenvalue weighted by atomic mass is 32.1. The smallest absolute Gasteiger partial charge is 0.341 e. The lowest BCUT2D eigenvalue weighted by atomic mass is 10.1. The highest BCUT2D eigenvalue weighted by Gasteiger charge is 2.31. The first-order valence-corrected chi connectivity index (χ1v) is 9.09. The van der Waals surface area contributed by atoms with E-state index in [0.29, 0.717) is 16.4 Å². The highest BCUT2D eigenvalue weighted by molar-refractivity contribution is 7.16. The molecule has 134 valence electrons. The lowest BCUT2D eigenvalue weighted by Crippen LogP contribution is -2.16. The summed E-state index contributed by atoms with van der Waals surface area (Å²) in [5, 5.41) is 7.25. The molecule has 7 nitrogen and oxygen atoms in total. The van der Waals surface area contributed by atoms with Crippen molar-refractivity contribution in [3.63, 3.8) is 0 Å². The normalized spacial score (nSPS) is 14.0. The molecule has 1 N–H and O–H groups in total. The van der Waals surface area contributed by atoms with Crippen molar-refractivity contribution >= 4 is 28.2 Å². The van der Waals surface area contributed by atoms with Crippen LogP contribution in [-0.4, -0.2) is 22.0 Å². The predicted molar refractivity (Wildman–Crippen MR) is 92.7 cm³/mol. The van der Waals surface area contributed by atoms with Crippen LogP contribution in [0.25, 0.3) is 0 Å². The minimum atomic E-state index is -0.503. The SMILES string of the molecule is Cc1sc(NC(=O)C2CC2)c(C(=O)OCc2nc(C(C)C)no2)c1C. The van der Waals surface area contributed by atoms with Crippen LogP contribution in [0.3, 0.4) is 0 Å². The van der Waals surface area contributed by atoms with Gasteiger partial charge in [0, 0.05) is 16.7 Å². The van der Waals surface area contributed by atoms with Crippen LogP contribution < -0.4 is 5.32 Å². The molecule has 1 aliphatic carbocycles. The van der Waals surface area contributed by atoms with E-state index in [9.17, 15) is 9.59 Å². The Bertz CT molecular complexity index is 805. The van der Waals surface area contributed by atoms with Crippen LogP contribution in [0.5, 0.6) is 0 Å². The van der Waals surface area contributed by atoms with E-state index in [2.05, 4.69) is 15.5 Å². The molecule has 1 aliphatic rings. The molecule has 0 unspecified atom stereocenters. The van der Waals surface area contributed by atoms with Gasteiger partial charge < -0.3 is 14.6 Å². The summed E-state index contributed by atoms with van der Waals surface area (Å²) in [5.41, 5.74) is 1.22. The monoisotopic (exact) mass is 363 g/mol. The third kappa shape index (κ3) is 3.89. The number of carbonyl (C=O) groups excluding carboxylic acids is 2. The molecule has 25 heavy (non-hydrogen) atoms. The average molecular weight is 363 g/mol. The third-order valence-corrected chi connectivity index (χ3v) is 5.22. The Hall–Kier alpha value is -2.22. The number of nitrogens with zero attached hydrogens (tertiary/aromatic N) is 2. The molecular weight excluding hydrogens is 342 g/mol. The maximum atomic E-state index is 12.5. The number of rotatable bonds is 6. The van der Waals surface area contributed by atoms with E-state index in [-0.39, 0.29) is 30.2 Å². The minimum absolute atomic E-state index is 0.0335. The van der Waals surface area contributed by atoms with Crippen LogP contribution in [0.15, 0.2) is 4.52 Å². The third-order valence-electron chi connectivity index (χ3n) is 4.10. The number of ether oxygens (including phenoxy) is 1. The van der Waals surface area contributed by atoms with Gasteiger partial charge in [-0.1, -0.05) is 19.0 Å². The van der Waals surface area contributed by atoms with Gasteiger partial charge in [-0.15, -0.1) is 11.3 Å². The number of nitrogens with one attached hydrogen (secondary N) is 1. The van der Waals surface area contributed by atoms with E-state index in [1.807, 2.05) is 27.7 Å². The maximum Gasteiger partial charge on any atom is 0.341 e. The Kier molecular flexibility index (Phi) is 4.89. The molecule has 2 heterocycles. The van der Waals surface area contributed by atoms with Gasteiger partial charge in [-0.25, -0.2) is 4.79 Å². The van der Waals surface area contributed by atoms with Crippen molar-refractivity contribution in [1.29, 1.82) is 0 Å². The van der Waals surface area contributed by atoms with Gasteiger partial charge in [-0.3, -0.25) is 4.79 Å². The lowest BCUT2D eigenvalue weighted by Gasteiger charge is -2.06. The number of aromatic nitrogens is 2. The van der Waals surface area contributed by atoms with Gasteiger partial charge in [0.1, 0.15) is 5.00 Å². The zero-order chi connectivity index (χ0) is 18.1. The number of hydrogen-bond acceptors (Lipinski definition) is 7. The molecule has 0 atom stereocenters. The second-order valence-corrected chi connectivity index (χ2v) is 7.75. The highest BCUT2D eigenvalue weighted by Crippen LogP contribution is 2.36. The fraction of sp³-hybridized carbons (Fsp3) is 0.529. The van der Waals surface area contributed by atoms with Crippen molar-refractivity contribution in [1.82, 2.24) is 10.1 Å². The predicted octanol–water partition coefficient (Wildman–Crippen LogP) is 3.58. The molecule has 0 radical (unpaired) electrons. The van der Waals surface area contributed by atoms with Gasteiger partial charge in [0.2, 0.25) is 5.91 Å². The largest absolute Gasteiger partial charge is 0.452 e. The fourth-order valence-corrected chi connectivity index (χ4v) is 3.33. The van der Waals surface area contributed by atoms with Gasteiger partial charge >= 0.3 is 5.97 Å². The molecule has 0 aromatic carbocycles. The van der Waals surface area contributed by atoms with Crippen molar-refractivity contribution in [2.75, 3.05) is 5.32 Å². The van der Waals surface area contributed by atoms with E-state index >= 15 is 0 Å². The summed E-state index contributed by atoms with van der Waals surface area (Å²) in [6.07, 6.45) is 1.81. The first kappa shape index (κ1) is 17.6. The molecule has 1 saturated carbocycles. The van der Waals surface area contributed by atoms with Crippen molar-refractivity contribution in [2.24, 2.45) is 5.92 Å². The number of amides is 1. The van der Waals surface area contributed by atoms with Gasteiger partial charge in [-0.05, 0) is 32.3 Å². The molecular formula is C17H21N3O4S. The van der Waals surface area contributed by atoms with Crippen LogP contribution in [0, 0.1) is 19.8 Å². The second-order valence-electron chi connectivity index (χ2n) is 6.53. The quantitative estimate of drug-likeness (QED) is 0.788. The number of aryl methyl sites for hydroxylation is 1. The first-order chi connectivity index (χ1) is 11.9. The molecule has 0 saturated heterocycles. The van der Waals surface area contributed by atoms with E-state index in [1.54, 1.807) is 0 Å². The summed E-state index contributed by atoms with van der Waals surface area (Å²) < 4.78 is 10.4. The summed E-state index contributed by atoms with van der Waals surface area (Å²) in [7, 11) is 0. The van der Waals surface area contributed by atoms with Gasteiger partial charge in [0.15, 0.2) is 12.4 Å². The van der Waals surface area contributed by atoms with Crippen LogP contribution >= 0.6 is 11.3 Å². The summed E-state index contributed by atoms with van der Waals surface area (Å²) >= 11 is 1.39. The summed E-state index contributed by atoms with van der Waals surface area (Å²) in [4.78, 5) is 29.7. The molecule has 0 aliphatic heterocycles. The maximum absolute atomic E-state index is 12.5. The minimum Gasteiger partial charge on any atom is -0.452 e. The number of carbonyl (C=O) groups is 2. The molecule has 8 heteroatoms. The van der Waals surface area contributed by atoms with E-state index in [0.717, 1.165) is 23.3 Å². The zero-order valence-electron chi connectivity index (χ0n) is 14.7. The van der Waals surface area contributed by atoms with Crippen molar-refractivity contribution < 1.29 is 18.8 Å². The lowest BCUT2D eigenvalue weighted by molar-refractivity contribution is -0.117. The summed E-state index contributed by atoms with van der Waals surface area (Å²) in [6.45, 7) is 7.57. The van der Waals surface area contributed by atoms with Gasteiger partial charge in [0.25, 0.3) is 5.89 Å². The van der Waals surface area contributed by atoms with E-state index in [4.69, 9.17) is 9.26 Å². The van der Waals surface area contributed by atoms with Crippen LogP contribution in [0.4, 0.5) is 5.00 Å². The fourth-order valence-electron chi connectivity index (χ4n) is 2.28. The van der Waals surface area contributed by atoms with Crippen LogP contribution in [-0.2, 0) is 16.1 Å². The van der Waals surface area contributed by atoms with E-state index < -0.39 is 5.97 Å². The first-order valence-electron chi connectivity index (χ1n) is 8.27. The molecule has 0 spiro atoms. The Morgan fingerprint density at radius 3 is 2.68 bits per heavy atom. The number of esters is 1. The topological polar surface area (TPSA) is 94.3 Å². The Morgan fingerprint density at radius 1 is 1.36 bits per heavy atom. The van der Waals surface area contributed by atoms with Crippen molar-refractivity contribution in [3.8, 4) is 0 Å². The number of hydrogen-bond donors (Lipinski definition) is 1. The molecule has 2 aromatic heterocycles. The van der Waals surface area contributed by atoms with Gasteiger partial charge in [0.05, 0.1) is 5.56 Å². The standard InChI is InChI=1S/C17H21N3O4S/c1-8(2)14-18-12(24-20-14)7-23-17(22)13-9(3)10(4)25-16(13)19-15(21)11-5-6-11/h8,11H,5-7H2,1-4H3,(H,19,21).